The smallest absolute Gasteiger partial charge is 0.244 e. The van der Waals surface area contributed by atoms with Gasteiger partial charge in [-0.15, -0.1) is 0 Å². The van der Waals surface area contributed by atoms with E-state index < -0.39 is 10.0 Å². The molecule has 0 spiro atoms. The molecule has 21 heavy (non-hydrogen) atoms. The predicted molar refractivity (Wildman–Crippen MR) is 84.5 cm³/mol. The number of nitrogens with one attached hydrogen (secondary N) is 1. The van der Waals surface area contributed by atoms with Crippen LogP contribution in [-0.4, -0.2) is 36.4 Å². The molecule has 2 rings (SSSR count). The fourth-order valence-corrected chi connectivity index (χ4v) is 4.74. The normalized spacial score (nSPS) is 24.4. The van der Waals surface area contributed by atoms with Crippen LogP contribution < -0.4 is 5.32 Å². The van der Waals surface area contributed by atoms with Gasteiger partial charge in [0.2, 0.25) is 10.0 Å². The molecule has 2 atom stereocenters. The van der Waals surface area contributed by atoms with Gasteiger partial charge in [-0.2, -0.15) is 4.31 Å². The maximum atomic E-state index is 12.9. The molecule has 1 N–H and O–H groups in total. The lowest BCUT2D eigenvalue weighted by Gasteiger charge is -2.35. The van der Waals surface area contributed by atoms with Crippen LogP contribution in [-0.2, 0) is 23.6 Å². The number of rotatable bonds is 5. The minimum Gasteiger partial charge on any atom is -0.352 e. The molecule has 1 aromatic heterocycles. The molecule has 0 bridgehead atoms. The van der Waals surface area contributed by atoms with Gasteiger partial charge in [0.15, 0.2) is 0 Å². The van der Waals surface area contributed by atoms with Crippen molar-refractivity contribution >= 4 is 10.0 Å². The highest BCUT2D eigenvalue weighted by Crippen LogP contribution is 2.28. The molecule has 1 aromatic rings. The molecule has 5 nitrogen and oxygen atoms in total. The van der Waals surface area contributed by atoms with Gasteiger partial charge in [-0.3, -0.25) is 0 Å². The first-order valence-electron chi connectivity index (χ1n) is 7.74. The summed E-state index contributed by atoms with van der Waals surface area (Å²) < 4.78 is 29.3. The van der Waals surface area contributed by atoms with Crippen molar-refractivity contribution in [1.29, 1.82) is 0 Å². The van der Waals surface area contributed by atoms with E-state index in [4.69, 9.17) is 0 Å². The van der Waals surface area contributed by atoms with E-state index in [1.54, 1.807) is 16.6 Å². The van der Waals surface area contributed by atoms with E-state index in [2.05, 4.69) is 12.2 Å². The number of hydrogen-bond donors (Lipinski definition) is 1. The molecule has 1 saturated heterocycles. The van der Waals surface area contributed by atoms with Crippen LogP contribution in [0.1, 0.15) is 39.3 Å². The first kappa shape index (κ1) is 16.5. The van der Waals surface area contributed by atoms with Crippen molar-refractivity contribution in [3.8, 4) is 0 Å². The molecular formula is C15H27N3O2S. The Hall–Kier alpha value is -0.850. The molecular weight excluding hydrogens is 286 g/mol. The Morgan fingerprint density at radius 1 is 1.33 bits per heavy atom. The van der Waals surface area contributed by atoms with Gasteiger partial charge in [0.25, 0.3) is 0 Å². The summed E-state index contributed by atoms with van der Waals surface area (Å²) in [5.74, 6) is 0.431. The van der Waals surface area contributed by atoms with Crippen LogP contribution in [0, 0.1) is 5.92 Å². The third-order valence-corrected chi connectivity index (χ3v) is 6.25. The third-order valence-electron chi connectivity index (χ3n) is 4.31. The topological polar surface area (TPSA) is 54.3 Å². The summed E-state index contributed by atoms with van der Waals surface area (Å²) in [6.45, 7) is 8.35. The van der Waals surface area contributed by atoms with Gasteiger partial charge in [-0.25, -0.2) is 8.42 Å². The van der Waals surface area contributed by atoms with Crippen molar-refractivity contribution < 1.29 is 8.42 Å². The highest BCUT2D eigenvalue weighted by molar-refractivity contribution is 7.89. The van der Waals surface area contributed by atoms with Crippen molar-refractivity contribution in [1.82, 2.24) is 14.2 Å². The lowest BCUT2D eigenvalue weighted by atomic mass is 9.97. The molecule has 2 heterocycles. The molecule has 0 aliphatic carbocycles. The number of sulfonamides is 1. The SMILES string of the molecule is CCNCc1cc(S(=O)(=O)N2CC(C)CCC2C)cn1C. The van der Waals surface area contributed by atoms with E-state index in [-0.39, 0.29) is 6.04 Å². The molecule has 2 unspecified atom stereocenters. The van der Waals surface area contributed by atoms with E-state index >= 15 is 0 Å². The lowest BCUT2D eigenvalue weighted by Crippen LogP contribution is -2.44. The van der Waals surface area contributed by atoms with Crippen LogP contribution in [0.15, 0.2) is 17.2 Å². The first-order valence-corrected chi connectivity index (χ1v) is 9.18. The van der Waals surface area contributed by atoms with Gasteiger partial charge >= 0.3 is 0 Å². The Kier molecular flexibility index (Phi) is 5.11. The zero-order valence-corrected chi connectivity index (χ0v) is 14.3. The molecule has 1 aliphatic rings. The number of hydrogen-bond acceptors (Lipinski definition) is 3. The number of aromatic nitrogens is 1. The predicted octanol–water partition coefficient (Wildman–Crippen LogP) is 1.94. The van der Waals surface area contributed by atoms with Crippen molar-refractivity contribution in [2.45, 2.75) is 51.1 Å². The Morgan fingerprint density at radius 2 is 2.05 bits per heavy atom. The van der Waals surface area contributed by atoms with Crippen molar-refractivity contribution in [3.63, 3.8) is 0 Å². The van der Waals surface area contributed by atoms with Crippen molar-refractivity contribution in [3.05, 3.63) is 18.0 Å². The summed E-state index contributed by atoms with van der Waals surface area (Å²) in [6, 6.07) is 1.88. The third kappa shape index (κ3) is 3.49. The van der Waals surface area contributed by atoms with Gasteiger partial charge in [0.1, 0.15) is 4.90 Å². The Labute approximate surface area is 128 Å². The number of aryl methyl sites for hydroxylation is 1. The molecule has 6 heteroatoms. The van der Waals surface area contributed by atoms with E-state index in [9.17, 15) is 8.42 Å². The Morgan fingerprint density at radius 3 is 2.71 bits per heavy atom. The van der Waals surface area contributed by atoms with E-state index in [1.807, 2.05) is 25.5 Å². The highest BCUT2D eigenvalue weighted by Gasteiger charge is 2.34. The number of nitrogens with zero attached hydrogens (tertiary/aromatic N) is 2. The van der Waals surface area contributed by atoms with Gasteiger partial charge < -0.3 is 9.88 Å². The van der Waals surface area contributed by atoms with Gasteiger partial charge in [-0.05, 0) is 38.3 Å². The summed E-state index contributed by atoms with van der Waals surface area (Å²) >= 11 is 0. The van der Waals surface area contributed by atoms with Crippen LogP contribution >= 0.6 is 0 Å². The summed E-state index contributed by atoms with van der Waals surface area (Å²) in [5, 5.41) is 3.24. The molecule has 1 aliphatic heterocycles. The fraction of sp³-hybridized carbons (Fsp3) is 0.733. The highest BCUT2D eigenvalue weighted by atomic mass is 32.2. The summed E-state index contributed by atoms with van der Waals surface area (Å²) in [5.41, 5.74) is 0.994. The van der Waals surface area contributed by atoms with Crippen LogP contribution in [0.25, 0.3) is 0 Å². The maximum Gasteiger partial charge on any atom is 0.244 e. The summed E-state index contributed by atoms with van der Waals surface area (Å²) in [6.07, 6.45) is 3.78. The monoisotopic (exact) mass is 313 g/mol. The second kappa shape index (κ2) is 6.50. The van der Waals surface area contributed by atoms with Crippen LogP contribution in [0.4, 0.5) is 0 Å². The van der Waals surface area contributed by atoms with Gasteiger partial charge in [0.05, 0.1) is 0 Å². The quantitative estimate of drug-likeness (QED) is 0.904. The molecule has 120 valence electrons. The van der Waals surface area contributed by atoms with Gasteiger partial charge in [-0.1, -0.05) is 13.8 Å². The average Bonchev–Trinajstić information content (AvgIpc) is 2.81. The fourth-order valence-electron chi connectivity index (χ4n) is 2.87. The van der Waals surface area contributed by atoms with Crippen LogP contribution in [0.5, 0.6) is 0 Å². The summed E-state index contributed by atoms with van der Waals surface area (Å²) in [7, 11) is -1.49. The molecule has 1 fully saturated rings. The minimum absolute atomic E-state index is 0.0867. The maximum absolute atomic E-state index is 12.9. The van der Waals surface area contributed by atoms with Crippen LogP contribution in [0.3, 0.4) is 0 Å². The largest absolute Gasteiger partial charge is 0.352 e. The molecule has 0 saturated carbocycles. The zero-order valence-electron chi connectivity index (χ0n) is 13.5. The molecule has 0 radical (unpaired) electrons. The Bertz CT molecular complexity index is 580. The molecule has 0 aromatic carbocycles. The second-order valence-electron chi connectivity index (χ2n) is 6.16. The van der Waals surface area contributed by atoms with Crippen molar-refractivity contribution in [2.75, 3.05) is 13.1 Å². The van der Waals surface area contributed by atoms with E-state index in [0.29, 0.717) is 23.9 Å². The lowest BCUT2D eigenvalue weighted by molar-refractivity contribution is 0.218. The van der Waals surface area contributed by atoms with Gasteiger partial charge in [0, 0.05) is 38.1 Å². The van der Waals surface area contributed by atoms with E-state index in [0.717, 1.165) is 25.1 Å². The van der Waals surface area contributed by atoms with Crippen molar-refractivity contribution in [2.24, 2.45) is 13.0 Å². The summed E-state index contributed by atoms with van der Waals surface area (Å²) in [4.78, 5) is 0.416. The molecule has 0 amide bonds. The second-order valence-corrected chi connectivity index (χ2v) is 8.06. The van der Waals surface area contributed by atoms with Crippen LogP contribution in [0.2, 0.25) is 0 Å². The first-order chi connectivity index (χ1) is 9.86. The number of piperidine rings is 1. The average molecular weight is 313 g/mol. The zero-order chi connectivity index (χ0) is 15.6. The standard InChI is InChI=1S/C15H27N3O2S/c1-5-16-9-14-8-15(11-17(14)4)21(19,20)18-10-12(2)6-7-13(18)3/h8,11-13,16H,5-7,9-10H2,1-4H3. The Balaban J connectivity index is 2.26. The minimum atomic E-state index is -3.39. The van der Waals surface area contributed by atoms with E-state index in [1.165, 1.54) is 0 Å².